The molecule has 1 aliphatic heterocycles. The molecule has 1 saturated heterocycles. The van der Waals surface area contributed by atoms with E-state index in [9.17, 15) is 4.79 Å². The van der Waals surface area contributed by atoms with E-state index < -0.39 is 0 Å². The van der Waals surface area contributed by atoms with Gasteiger partial charge in [0.1, 0.15) is 5.76 Å². The number of hydrogen-bond acceptors (Lipinski definition) is 5. The van der Waals surface area contributed by atoms with Crippen LogP contribution < -0.4 is 4.90 Å². The van der Waals surface area contributed by atoms with Crippen molar-refractivity contribution >= 4 is 35.0 Å². The number of imidazole rings is 1. The van der Waals surface area contributed by atoms with Gasteiger partial charge in [-0.15, -0.1) is 0 Å². The number of para-hydroxylation sites is 1. The van der Waals surface area contributed by atoms with Crippen LogP contribution in [0, 0.1) is 0 Å². The Morgan fingerprint density at radius 3 is 2.68 bits per heavy atom. The zero-order valence-electron chi connectivity index (χ0n) is 15.5. The minimum absolute atomic E-state index is 0.0629. The van der Waals surface area contributed by atoms with Crippen molar-refractivity contribution in [2.45, 2.75) is 10.9 Å². The molecule has 4 rings (SSSR count). The number of carbonyl (C=O) groups excluding carboxylic acids is 1. The third-order valence-electron chi connectivity index (χ3n) is 4.75. The SMILES string of the molecule is Cn1ccnc1SCc1ccc(C(=O)N2CCN(c3ccccc3Cl)CC2)o1. The number of furan rings is 1. The molecule has 0 aliphatic carbocycles. The van der Waals surface area contributed by atoms with E-state index in [-0.39, 0.29) is 5.91 Å². The van der Waals surface area contributed by atoms with E-state index in [4.69, 9.17) is 16.0 Å². The third-order valence-corrected chi connectivity index (χ3v) is 6.15. The normalized spacial score (nSPS) is 14.5. The maximum absolute atomic E-state index is 12.8. The van der Waals surface area contributed by atoms with Gasteiger partial charge in [-0.1, -0.05) is 35.5 Å². The molecular formula is C20H21ClN4O2S. The number of amides is 1. The van der Waals surface area contributed by atoms with E-state index in [0.29, 0.717) is 24.6 Å². The predicted octanol–water partition coefficient (Wildman–Crippen LogP) is 3.92. The lowest BCUT2D eigenvalue weighted by molar-refractivity contribution is 0.0713. The van der Waals surface area contributed by atoms with Gasteiger partial charge in [-0.3, -0.25) is 4.79 Å². The molecule has 0 atom stereocenters. The molecule has 2 aromatic heterocycles. The average Bonchev–Trinajstić information content (AvgIpc) is 3.35. The molecular weight excluding hydrogens is 396 g/mol. The zero-order valence-corrected chi connectivity index (χ0v) is 17.1. The highest BCUT2D eigenvalue weighted by Crippen LogP contribution is 2.27. The summed E-state index contributed by atoms with van der Waals surface area (Å²) in [7, 11) is 1.95. The molecule has 28 heavy (non-hydrogen) atoms. The number of hydrogen-bond donors (Lipinski definition) is 0. The van der Waals surface area contributed by atoms with Crippen LogP contribution in [0.3, 0.4) is 0 Å². The van der Waals surface area contributed by atoms with E-state index in [1.807, 2.05) is 53.0 Å². The van der Waals surface area contributed by atoms with Crippen molar-refractivity contribution < 1.29 is 9.21 Å². The molecule has 1 amide bonds. The number of halogens is 1. The largest absolute Gasteiger partial charge is 0.455 e. The third kappa shape index (κ3) is 4.05. The number of aromatic nitrogens is 2. The van der Waals surface area contributed by atoms with Gasteiger partial charge in [0.2, 0.25) is 0 Å². The van der Waals surface area contributed by atoms with Crippen LogP contribution in [-0.2, 0) is 12.8 Å². The summed E-state index contributed by atoms with van der Waals surface area (Å²) in [6, 6.07) is 11.4. The summed E-state index contributed by atoms with van der Waals surface area (Å²) in [6.45, 7) is 2.78. The second-order valence-electron chi connectivity index (χ2n) is 6.61. The highest BCUT2D eigenvalue weighted by molar-refractivity contribution is 7.98. The molecule has 0 radical (unpaired) electrons. The van der Waals surface area contributed by atoms with E-state index >= 15 is 0 Å². The first kappa shape index (κ1) is 19.0. The molecule has 1 aliphatic rings. The van der Waals surface area contributed by atoms with Gasteiger partial charge in [0.25, 0.3) is 5.91 Å². The van der Waals surface area contributed by atoms with Crippen molar-refractivity contribution in [1.82, 2.24) is 14.5 Å². The number of piperazine rings is 1. The summed E-state index contributed by atoms with van der Waals surface area (Å²) < 4.78 is 7.74. The van der Waals surface area contributed by atoms with E-state index in [2.05, 4.69) is 9.88 Å². The monoisotopic (exact) mass is 416 g/mol. The minimum Gasteiger partial charge on any atom is -0.455 e. The van der Waals surface area contributed by atoms with Gasteiger partial charge in [0, 0.05) is 45.6 Å². The average molecular weight is 417 g/mol. The summed E-state index contributed by atoms with van der Waals surface area (Å²) in [5, 5.41) is 1.66. The summed E-state index contributed by atoms with van der Waals surface area (Å²) in [5.41, 5.74) is 1.02. The predicted molar refractivity (Wildman–Crippen MR) is 111 cm³/mol. The van der Waals surface area contributed by atoms with E-state index in [1.54, 1.807) is 24.0 Å². The Morgan fingerprint density at radius 1 is 1.18 bits per heavy atom. The van der Waals surface area contributed by atoms with Gasteiger partial charge in [-0.05, 0) is 24.3 Å². The van der Waals surface area contributed by atoms with Crippen LogP contribution >= 0.6 is 23.4 Å². The van der Waals surface area contributed by atoms with E-state index in [1.165, 1.54) is 0 Å². The van der Waals surface area contributed by atoms with Crippen LogP contribution in [0.4, 0.5) is 5.69 Å². The van der Waals surface area contributed by atoms with Crippen LogP contribution in [0.5, 0.6) is 0 Å². The summed E-state index contributed by atoms with van der Waals surface area (Å²) in [4.78, 5) is 21.1. The maximum atomic E-state index is 12.8. The highest BCUT2D eigenvalue weighted by atomic mass is 35.5. The number of anilines is 1. The van der Waals surface area contributed by atoms with Gasteiger partial charge in [-0.25, -0.2) is 4.98 Å². The summed E-state index contributed by atoms with van der Waals surface area (Å²) in [6.07, 6.45) is 3.67. The van der Waals surface area contributed by atoms with Crippen molar-refractivity contribution in [1.29, 1.82) is 0 Å². The zero-order chi connectivity index (χ0) is 19.5. The van der Waals surface area contributed by atoms with Gasteiger partial charge in [0.15, 0.2) is 10.9 Å². The van der Waals surface area contributed by atoms with Crippen molar-refractivity contribution in [2.24, 2.45) is 7.05 Å². The lowest BCUT2D eigenvalue weighted by Crippen LogP contribution is -2.48. The minimum atomic E-state index is -0.0629. The standard InChI is InChI=1S/C20H21ClN4O2S/c1-23-9-8-22-20(23)28-14-15-6-7-18(27-15)19(26)25-12-10-24(11-13-25)17-5-3-2-4-16(17)21/h2-9H,10-14H2,1H3. The molecule has 0 unspecified atom stereocenters. The van der Waals surface area contributed by atoms with Crippen molar-refractivity contribution in [3.63, 3.8) is 0 Å². The fourth-order valence-electron chi connectivity index (χ4n) is 3.21. The Labute approximate surface area is 173 Å². The lowest BCUT2D eigenvalue weighted by Gasteiger charge is -2.36. The first-order valence-corrected chi connectivity index (χ1v) is 10.5. The second kappa shape index (κ2) is 8.32. The van der Waals surface area contributed by atoms with Crippen LogP contribution in [0.25, 0.3) is 0 Å². The maximum Gasteiger partial charge on any atom is 0.289 e. The van der Waals surface area contributed by atoms with Crippen LogP contribution in [0.1, 0.15) is 16.3 Å². The quantitative estimate of drug-likeness (QED) is 0.590. The smallest absolute Gasteiger partial charge is 0.289 e. The number of thioether (sulfide) groups is 1. The van der Waals surface area contributed by atoms with Gasteiger partial charge < -0.3 is 18.8 Å². The Balaban J connectivity index is 1.34. The Hall–Kier alpha value is -2.38. The first-order valence-electron chi connectivity index (χ1n) is 9.09. The topological polar surface area (TPSA) is 54.5 Å². The van der Waals surface area contributed by atoms with Gasteiger partial charge in [0.05, 0.1) is 16.5 Å². The molecule has 3 aromatic rings. The fraction of sp³-hybridized carbons (Fsp3) is 0.300. The molecule has 146 valence electrons. The van der Waals surface area contributed by atoms with Crippen LogP contribution in [0.2, 0.25) is 5.02 Å². The highest BCUT2D eigenvalue weighted by Gasteiger charge is 2.25. The first-order chi connectivity index (χ1) is 13.6. The van der Waals surface area contributed by atoms with E-state index in [0.717, 1.165) is 34.7 Å². The van der Waals surface area contributed by atoms with Crippen molar-refractivity contribution in [2.75, 3.05) is 31.1 Å². The molecule has 1 fully saturated rings. The molecule has 1 aromatic carbocycles. The Bertz CT molecular complexity index is 963. The molecule has 0 spiro atoms. The Kier molecular flexibility index (Phi) is 5.64. The number of benzene rings is 1. The van der Waals surface area contributed by atoms with Crippen molar-refractivity contribution in [3.05, 3.63) is 65.3 Å². The molecule has 8 heteroatoms. The van der Waals surface area contributed by atoms with Crippen LogP contribution in [-0.4, -0.2) is 46.5 Å². The number of aryl methyl sites for hydroxylation is 1. The Morgan fingerprint density at radius 2 is 1.96 bits per heavy atom. The van der Waals surface area contributed by atoms with Gasteiger partial charge >= 0.3 is 0 Å². The number of nitrogens with zero attached hydrogens (tertiary/aromatic N) is 4. The number of carbonyl (C=O) groups is 1. The molecule has 6 nitrogen and oxygen atoms in total. The molecule has 3 heterocycles. The molecule has 0 saturated carbocycles. The van der Waals surface area contributed by atoms with Gasteiger partial charge in [-0.2, -0.15) is 0 Å². The number of rotatable bonds is 5. The second-order valence-corrected chi connectivity index (χ2v) is 7.96. The summed E-state index contributed by atoms with van der Waals surface area (Å²) in [5.74, 6) is 1.73. The summed E-state index contributed by atoms with van der Waals surface area (Å²) >= 11 is 7.87. The van der Waals surface area contributed by atoms with Crippen LogP contribution in [0.15, 0.2) is 58.4 Å². The molecule has 0 bridgehead atoms. The van der Waals surface area contributed by atoms with Crippen molar-refractivity contribution in [3.8, 4) is 0 Å². The lowest BCUT2D eigenvalue weighted by atomic mass is 10.2. The molecule has 0 N–H and O–H groups in total. The fourth-order valence-corrected chi connectivity index (χ4v) is 4.29.